The highest BCUT2D eigenvalue weighted by molar-refractivity contribution is 5.93. The summed E-state index contributed by atoms with van der Waals surface area (Å²) in [6.45, 7) is 11.1. The van der Waals surface area contributed by atoms with Gasteiger partial charge in [0.1, 0.15) is 11.4 Å². The van der Waals surface area contributed by atoms with Gasteiger partial charge in [-0.2, -0.15) is 0 Å². The number of hydrogen-bond donors (Lipinski definition) is 0. The van der Waals surface area contributed by atoms with Crippen molar-refractivity contribution in [1.82, 2.24) is 4.90 Å². The molecule has 0 spiro atoms. The molecule has 2 atom stereocenters. The number of ether oxygens (including phenoxy) is 2. The second kappa shape index (κ2) is 7.98. The van der Waals surface area contributed by atoms with Crippen LogP contribution in [0.25, 0.3) is 6.08 Å². The van der Waals surface area contributed by atoms with Gasteiger partial charge in [0.15, 0.2) is 0 Å². The molecule has 0 saturated carbocycles. The summed E-state index contributed by atoms with van der Waals surface area (Å²) in [5.41, 5.74) is 3.43. The van der Waals surface area contributed by atoms with Gasteiger partial charge in [-0.05, 0) is 78.6 Å². The first-order valence-corrected chi connectivity index (χ1v) is 10.9. The fourth-order valence-corrected chi connectivity index (χ4v) is 4.83. The summed E-state index contributed by atoms with van der Waals surface area (Å²) < 4.78 is 12.1. The van der Waals surface area contributed by atoms with Gasteiger partial charge in [0.2, 0.25) is 0 Å². The number of carbonyl (C=O) groups excluding carboxylic acids is 1. The molecule has 0 bridgehead atoms. The smallest absolute Gasteiger partial charge is 0.338 e. The molecule has 3 aliphatic heterocycles. The van der Waals surface area contributed by atoms with Crippen LogP contribution in [0.3, 0.4) is 0 Å². The van der Waals surface area contributed by atoms with Gasteiger partial charge >= 0.3 is 5.97 Å². The Morgan fingerprint density at radius 1 is 1.28 bits per heavy atom. The van der Waals surface area contributed by atoms with Gasteiger partial charge in [-0.1, -0.05) is 23.8 Å². The fraction of sp³-hybridized carbons (Fsp3) is 0.560. The Kier molecular flexibility index (Phi) is 5.56. The molecule has 3 heterocycles. The molecule has 0 N–H and O–H groups in total. The summed E-state index contributed by atoms with van der Waals surface area (Å²) in [5.74, 6) is 1.06. The lowest BCUT2D eigenvalue weighted by Gasteiger charge is -2.30. The Morgan fingerprint density at radius 3 is 2.90 bits per heavy atom. The molecule has 29 heavy (non-hydrogen) atoms. The number of benzene rings is 1. The maximum absolute atomic E-state index is 13.1. The van der Waals surface area contributed by atoms with Gasteiger partial charge in [-0.3, -0.25) is 4.90 Å². The minimum atomic E-state index is -0.384. The third-order valence-corrected chi connectivity index (χ3v) is 6.43. The molecule has 4 nitrogen and oxygen atoms in total. The number of nitrogens with zero attached hydrogens (tertiary/aromatic N) is 1. The molecule has 3 aliphatic rings. The lowest BCUT2D eigenvalue weighted by molar-refractivity contribution is 0.0416. The van der Waals surface area contributed by atoms with E-state index in [1.54, 1.807) is 0 Å². The van der Waals surface area contributed by atoms with Crippen molar-refractivity contribution in [2.45, 2.75) is 65.0 Å². The summed E-state index contributed by atoms with van der Waals surface area (Å²) >= 11 is 0. The van der Waals surface area contributed by atoms with Gasteiger partial charge in [0, 0.05) is 23.1 Å². The van der Waals surface area contributed by atoms with E-state index in [1.807, 2.05) is 26.0 Å². The Morgan fingerprint density at radius 2 is 2.10 bits per heavy atom. The van der Waals surface area contributed by atoms with Crippen LogP contribution < -0.4 is 4.74 Å². The van der Waals surface area contributed by atoms with Crippen LogP contribution >= 0.6 is 0 Å². The molecule has 0 aromatic heterocycles. The van der Waals surface area contributed by atoms with Crippen LogP contribution in [-0.4, -0.2) is 42.2 Å². The van der Waals surface area contributed by atoms with Gasteiger partial charge in [-0.15, -0.1) is 0 Å². The SMILES string of the molecule is CC(C)=CCc1c(C(=O)OC[C@H]2CCN3CCC[C@@H]23)ccc2c1OC(C)(C)C=C2. The van der Waals surface area contributed by atoms with E-state index in [1.165, 1.54) is 25.0 Å². The first-order chi connectivity index (χ1) is 13.8. The number of carbonyl (C=O) groups is 1. The van der Waals surface area contributed by atoms with Crippen LogP contribution in [0.1, 0.15) is 68.4 Å². The number of hydrogen-bond acceptors (Lipinski definition) is 4. The molecular weight excluding hydrogens is 362 g/mol. The second-order valence-corrected chi connectivity index (χ2v) is 9.43. The minimum Gasteiger partial charge on any atom is -0.483 e. The number of esters is 1. The Labute approximate surface area is 174 Å². The highest BCUT2D eigenvalue weighted by Gasteiger charge is 2.38. The van der Waals surface area contributed by atoms with Crippen LogP contribution in [0.2, 0.25) is 0 Å². The Hall–Kier alpha value is -2.07. The number of fused-ring (bicyclic) bond motifs is 2. The van der Waals surface area contributed by atoms with Crippen LogP contribution in [0.4, 0.5) is 0 Å². The van der Waals surface area contributed by atoms with E-state index in [9.17, 15) is 4.79 Å². The molecule has 0 unspecified atom stereocenters. The number of allylic oxidation sites excluding steroid dienone is 2. The van der Waals surface area contributed by atoms with E-state index in [0.717, 1.165) is 29.8 Å². The van der Waals surface area contributed by atoms with Gasteiger partial charge in [0.25, 0.3) is 0 Å². The molecule has 4 rings (SSSR count). The van der Waals surface area contributed by atoms with Crippen molar-refractivity contribution < 1.29 is 14.3 Å². The molecule has 4 heteroatoms. The predicted molar refractivity (Wildman–Crippen MR) is 116 cm³/mol. The van der Waals surface area contributed by atoms with E-state index in [2.05, 4.69) is 37.0 Å². The van der Waals surface area contributed by atoms with E-state index in [0.29, 0.717) is 30.6 Å². The zero-order valence-corrected chi connectivity index (χ0v) is 18.2. The summed E-state index contributed by atoms with van der Waals surface area (Å²) in [5, 5.41) is 0. The van der Waals surface area contributed by atoms with E-state index in [-0.39, 0.29) is 11.6 Å². The predicted octanol–water partition coefficient (Wildman–Crippen LogP) is 5.02. The second-order valence-electron chi connectivity index (χ2n) is 9.43. The zero-order valence-electron chi connectivity index (χ0n) is 18.2. The average molecular weight is 396 g/mol. The van der Waals surface area contributed by atoms with Gasteiger partial charge in [0.05, 0.1) is 12.2 Å². The van der Waals surface area contributed by atoms with Crippen molar-refractivity contribution in [2.24, 2.45) is 5.92 Å². The largest absolute Gasteiger partial charge is 0.483 e. The van der Waals surface area contributed by atoms with Crippen molar-refractivity contribution in [2.75, 3.05) is 19.7 Å². The summed E-state index contributed by atoms with van der Waals surface area (Å²) in [7, 11) is 0. The normalized spacial score (nSPS) is 24.6. The topological polar surface area (TPSA) is 38.8 Å². The number of rotatable bonds is 5. The van der Waals surface area contributed by atoms with E-state index in [4.69, 9.17) is 9.47 Å². The van der Waals surface area contributed by atoms with Crippen LogP contribution in [0.15, 0.2) is 29.9 Å². The molecule has 2 fully saturated rings. The Balaban J connectivity index is 1.56. The van der Waals surface area contributed by atoms with Crippen LogP contribution in [0, 0.1) is 5.92 Å². The first-order valence-electron chi connectivity index (χ1n) is 10.9. The Bertz CT molecular complexity index is 848. The average Bonchev–Trinajstić information content (AvgIpc) is 3.27. The maximum atomic E-state index is 13.1. The van der Waals surface area contributed by atoms with Crippen LogP contribution in [-0.2, 0) is 11.2 Å². The van der Waals surface area contributed by atoms with Gasteiger partial charge in [-0.25, -0.2) is 4.79 Å². The van der Waals surface area contributed by atoms with Crippen molar-refractivity contribution >= 4 is 12.0 Å². The summed E-state index contributed by atoms with van der Waals surface area (Å²) in [4.78, 5) is 15.6. The molecule has 1 aromatic carbocycles. The van der Waals surface area contributed by atoms with E-state index < -0.39 is 0 Å². The van der Waals surface area contributed by atoms with Crippen LogP contribution in [0.5, 0.6) is 5.75 Å². The van der Waals surface area contributed by atoms with Crippen molar-refractivity contribution in [3.63, 3.8) is 0 Å². The molecule has 0 amide bonds. The van der Waals surface area contributed by atoms with Gasteiger partial charge < -0.3 is 9.47 Å². The maximum Gasteiger partial charge on any atom is 0.338 e. The van der Waals surface area contributed by atoms with E-state index >= 15 is 0 Å². The molecule has 1 aromatic rings. The third kappa shape index (κ3) is 4.28. The van der Waals surface area contributed by atoms with Crippen molar-refractivity contribution in [1.29, 1.82) is 0 Å². The molecular formula is C25H33NO3. The third-order valence-electron chi connectivity index (χ3n) is 6.43. The summed E-state index contributed by atoms with van der Waals surface area (Å²) in [6.07, 6.45) is 10.6. The lowest BCUT2D eigenvalue weighted by Crippen LogP contribution is -2.29. The van der Waals surface area contributed by atoms with Crippen molar-refractivity contribution in [3.05, 3.63) is 46.5 Å². The summed E-state index contributed by atoms with van der Waals surface area (Å²) in [6, 6.07) is 4.47. The fourth-order valence-electron chi connectivity index (χ4n) is 4.83. The molecule has 2 saturated heterocycles. The first kappa shape index (κ1) is 20.2. The molecule has 156 valence electrons. The quantitative estimate of drug-likeness (QED) is 0.518. The highest BCUT2D eigenvalue weighted by atomic mass is 16.5. The zero-order chi connectivity index (χ0) is 20.6. The lowest BCUT2D eigenvalue weighted by atomic mass is 9.94. The standard InChI is InChI=1S/C25H33NO3/c1-17(2)7-9-20-21(10-8-18-11-13-25(3,4)29-23(18)20)24(27)28-16-19-12-15-26-14-5-6-22(19)26/h7-8,10-11,13,19,22H,5-6,9,12,14-16H2,1-4H3/t19-,22+/m1/s1. The highest BCUT2D eigenvalue weighted by Crippen LogP contribution is 2.37. The van der Waals surface area contributed by atoms with Crippen molar-refractivity contribution in [3.8, 4) is 5.75 Å². The molecule has 0 radical (unpaired) electrons. The minimum absolute atomic E-state index is 0.225. The molecule has 0 aliphatic carbocycles. The monoisotopic (exact) mass is 395 g/mol.